The van der Waals surface area contributed by atoms with Gasteiger partial charge in [0.2, 0.25) is 5.88 Å². The zero-order valence-corrected chi connectivity index (χ0v) is 18.5. The molecule has 0 atom stereocenters. The van der Waals surface area contributed by atoms with E-state index in [0.717, 1.165) is 0 Å². The number of ether oxygens (including phenoxy) is 1. The number of nitrogens with zero attached hydrogens (tertiary/aromatic N) is 5. The zero-order valence-electron chi connectivity index (χ0n) is 17.0. The highest BCUT2D eigenvalue weighted by Gasteiger charge is 2.25. The number of aromatic nitrogens is 5. The van der Waals surface area contributed by atoms with E-state index in [-0.39, 0.29) is 38.8 Å². The van der Waals surface area contributed by atoms with Crippen molar-refractivity contribution in [2.24, 2.45) is 0 Å². The van der Waals surface area contributed by atoms with Gasteiger partial charge in [-0.1, -0.05) is 23.2 Å². The Labute approximate surface area is 192 Å². The molecule has 32 heavy (non-hydrogen) atoms. The van der Waals surface area contributed by atoms with Crippen molar-refractivity contribution in [1.82, 2.24) is 29.7 Å². The molecule has 0 bridgehead atoms. The summed E-state index contributed by atoms with van der Waals surface area (Å²) < 4.78 is 7.83. The molecule has 4 rings (SSSR count). The lowest BCUT2D eigenvalue weighted by Gasteiger charge is -2.15. The fraction of sp³-hybridized carbons (Fsp3) is 0.150. The molecule has 0 aliphatic heterocycles. The molecular weight excluding hydrogens is 457 g/mol. The van der Waals surface area contributed by atoms with E-state index < -0.39 is 11.8 Å². The number of rotatable bonds is 6. The van der Waals surface area contributed by atoms with Crippen LogP contribution < -0.4 is 15.4 Å². The Bertz CT molecular complexity index is 1330. The van der Waals surface area contributed by atoms with Crippen LogP contribution in [0.15, 0.2) is 42.7 Å². The number of halogens is 2. The third-order valence-electron chi connectivity index (χ3n) is 4.49. The maximum Gasteiger partial charge on any atom is 0.274 e. The van der Waals surface area contributed by atoms with Crippen LogP contribution in [0.4, 0.5) is 5.69 Å². The molecule has 0 saturated heterocycles. The Morgan fingerprint density at radius 3 is 2.66 bits per heavy atom. The van der Waals surface area contributed by atoms with E-state index in [1.165, 1.54) is 34.8 Å². The smallest absolute Gasteiger partial charge is 0.274 e. The van der Waals surface area contributed by atoms with Crippen molar-refractivity contribution in [2.75, 3.05) is 19.0 Å². The van der Waals surface area contributed by atoms with E-state index in [4.69, 9.17) is 27.9 Å². The van der Waals surface area contributed by atoms with Crippen LogP contribution in [0.2, 0.25) is 10.0 Å². The predicted molar refractivity (Wildman–Crippen MR) is 119 cm³/mol. The number of carbonyl (C=O) groups excluding carboxylic acids is 2. The van der Waals surface area contributed by atoms with Crippen molar-refractivity contribution in [2.45, 2.75) is 6.92 Å². The van der Waals surface area contributed by atoms with Gasteiger partial charge < -0.3 is 15.4 Å². The van der Waals surface area contributed by atoms with Gasteiger partial charge in [0.15, 0.2) is 11.5 Å². The largest absolute Gasteiger partial charge is 0.480 e. The van der Waals surface area contributed by atoms with Crippen molar-refractivity contribution >= 4 is 46.2 Å². The Kier molecular flexibility index (Phi) is 5.97. The van der Waals surface area contributed by atoms with Gasteiger partial charge in [0.25, 0.3) is 11.8 Å². The number of fused-ring (bicyclic) bond motifs is 1. The molecule has 12 heteroatoms. The minimum Gasteiger partial charge on any atom is -0.480 e. The molecule has 0 fully saturated rings. The Hall–Kier alpha value is -3.63. The SMILES string of the molecule is CCNC(=O)c1c(NC(=O)c2cc(OC)nn2-c2ncccc2Cl)c(Cl)cc2ccnn12. The Morgan fingerprint density at radius 1 is 1.12 bits per heavy atom. The second-order valence-electron chi connectivity index (χ2n) is 6.49. The molecule has 0 spiro atoms. The van der Waals surface area contributed by atoms with E-state index in [0.29, 0.717) is 12.1 Å². The molecule has 2 N–H and O–H groups in total. The second-order valence-corrected chi connectivity index (χ2v) is 7.30. The minimum atomic E-state index is -0.610. The second kappa shape index (κ2) is 8.85. The van der Waals surface area contributed by atoms with Crippen LogP contribution in [0.3, 0.4) is 0 Å². The van der Waals surface area contributed by atoms with Crippen molar-refractivity contribution in [1.29, 1.82) is 0 Å². The third kappa shape index (κ3) is 3.85. The third-order valence-corrected chi connectivity index (χ3v) is 5.09. The van der Waals surface area contributed by atoms with E-state index in [1.807, 2.05) is 0 Å². The molecule has 4 aromatic rings. The maximum absolute atomic E-state index is 13.3. The van der Waals surface area contributed by atoms with Gasteiger partial charge in [-0.2, -0.15) is 5.10 Å². The summed E-state index contributed by atoms with van der Waals surface area (Å²) in [5.74, 6) is -0.644. The first-order valence-electron chi connectivity index (χ1n) is 9.45. The fourth-order valence-electron chi connectivity index (χ4n) is 3.10. The normalized spacial score (nSPS) is 10.9. The molecular formula is C20H17Cl2N7O3. The van der Waals surface area contributed by atoms with Crippen molar-refractivity contribution in [3.63, 3.8) is 0 Å². The number of nitrogens with one attached hydrogen (secondary N) is 2. The highest BCUT2D eigenvalue weighted by molar-refractivity contribution is 6.35. The van der Waals surface area contributed by atoms with Crippen LogP contribution in [0.1, 0.15) is 27.9 Å². The summed E-state index contributed by atoms with van der Waals surface area (Å²) in [5.41, 5.74) is 0.849. The number of methoxy groups -OCH3 is 1. The summed E-state index contributed by atoms with van der Waals surface area (Å²) in [7, 11) is 1.42. The van der Waals surface area contributed by atoms with Gasteiger partial charge in [0.1, 0.15) is 5.69 Å². The van der Waals surface area contributed by atoms with Gasteiger partial charge >= 0.3 is 0 Å². The number of pyridine rings is 2. The van der Waals surface area contributed by atoms with Gasteiger partial charge in [-0.15, -0.1) is 5.10 Å². The van der Waals surface area contributed by atoms with E-state index in [1.54, 1.807) is 31.2 Å². The summed E-state index contributed by atoms with van der Waals surface area (Å²) in [6, 6.07) is 8.00. The standard InChI is InChI=1S/C20H17Cl2N7O3/c1-3-23-20(31)17-16(13(22)9-11-6-8-25-28(11)17)26-19(30)14-10-15(32-2)27-29(14)18-12(21)5-4-7-24-18/h4-10H,3H2,1-2H3,(H,23,31)(H,26,30). The quantitative estimate of drug-likeness (QED) is 0.444. The predicted octanol–water partition coefficient (Wildman–Crippen LogP) is 3.23. The summed E-state index contributed by atoms with van der Waals surface area (Å²) in [6.45, 7) is 2.16. The first-order chi connectivity index (χ1) is 15.4. The molecule has 0 unspecified atom stereocenters. The average Bonchev–Trinajstić information content (AvgIpc) is 3.41. The summed E-state index contributed by atoms with van der Waals surface area (Å²) in [6.07, 6.45) is 3.05. The van der Waals surface area contributed by atoms with Crippen LogP contribution in [0, 0.1) is 0 Å². The van der Waals surface area contributed by atoms with Gasteiger partial charge in [0.05, 0.1) is 34.6 Å². The first kappa shape index (κ1) is 21.6. The highest BCUT2D eigenvalue weighted by Crippen LogP contribution is 2.30. The average molecular weight is 474 g/mol. The molecule has 0 aliphatic carbocycles. The molecule has 4 heterocycles. The van der Waals surface area contributed by atoms with Crippen LogP contribution in [-0.2, 0) is 0 Å². The molecule has 0 saturated carbocycles. The molecule has 164 valence electrons. The maximum atomic E-state index is 13.3. The summed E-state index contributed by atoms with van der Waals surface area (Å²) in [4.78, 5) is 30.3. The molecule has 2 amide bonds. The van der Waals surface area contributed by atoms with E-state index in [9.17, 15) is 9.59 Å². The first-order valence-corrected chi connectivity index (χ1v) is 10.2. The zero-order chi connectivity index (χ0) is 22.8. The summed E-state index contributed by atoms with van der Waals surface area (Å²) in [5, 5.41) is 14.3. The minimum absolute atomic E-state index is 0.0703. The number of anilines is 1. The molecule has 0 radical (unpaired) electrons. The number of carbonyl (C=O) groups is 2. The number of hydrogen-bond donors (Lipinski definition) is 2. The van der Waals surface area contributed by atoms with Crippen LogP contribution in [0.5, 0.6) is 5.88 Å². The van der Waals surface area contributed by atoms with Gasteiger partial charge in [-0.25, -0.2) is 14.2 Å². The van der Waals surface area contributed by atoms with E-state index >= 15 is 0 Å². The van der Waals surface area contributed by atoms with Crippen LogP contribution in [0.25, 0.3) is 11.3 Å². The highest BCUT2D eigenvalue weighted by atomic mass is 35.5. The van der Waals surface area contributed by atoms with Crippen molar-refractivity contribution in [3.8, 4) is 11.7 Å². The fourth-order valence-corrected chi connectivity index (χ4v) is 3.55. The van der Waals surface area contributed by atoms with Crippen LogP contribution in [-0.4, -0.2) is 49.8 Å². The monoisotopic (exact) mass is 473 g/mol. The number of hydrogen-bond acceptors (Lipinski definition) is 6. The van der Waals surface area contributed by atoms with Gasteiger partial charge in [-0.3, -0.25) is 9.59 Å². The van der Waals surface area contributed by atoms with Crippen molar-refractivity contribution < 1.29 is 14.3 Å². The lowest BCUT2D eigenvalue weighted by Crippen LogP contribution is -2.28. The molecule has 0 aliphatic rings. The molecule has 4 aromatic heterocycles. The Morgan fingerprint density at radius 2 is 1.94 bits per heavy atom. The van der Waals surface area contributed by atoms with Gasteiger partial charge in [0, 0.05) is 18.8 Å². The number of amides is 2. The Balaban J connectivity index is 1.81. The molecule has 10 nitrogen and oxygen atoms in total. The van der Waals surface area contributed by atoms with E-state index in [2.05, 4.69) is 25.8 Å². The van der Waals surface area contributed by atoms with Crippen molar-refractivity contribution in [3.05, 3.63) is 64.2 Å². The summed E-state index contributed by atoms with van der Waals surface area (Å²) >= 11 is 12.7. The molecule has 0 aromatic carbocycles. The topological polar surface area (TPSA) is 115 Å². The lowest BCUT2D eigenvalue weighted by molar-refractivity contribution is 0.0949. The lowest BCUT2D eigenvalue weighted by atomic mass is 10.2. The van der Waals surface area contributed by atoms with Crippen LogP contribution >= 0.6 is 23.2 Å². The van der Waals surface area contributed by atoms with Gasteiger partial charge in [-0.05, 0) is 31.2 Å².